The number of likely N-dealkylation sites (tertiary alicyclic amines) is 1. The average molecular weight is 200 g/mol. The second kappa shape index (κ2) is 4.14. The maximum absolute atomic E-state index is 10.1. The first-order valence-electron chi connectivity index (χ1n) is 5.48. The molecule has 4 heteroatoms. The van der Waals surface area contributed by atoms with E-state index in [0.717, 1.165) is 45.6 Å². The molecule has 0 bridgehead atoms. The zero-order valence-electron chi connectivity index (χ0n) is 8.61. The Bertz CT molecular complexity index is 187. The smallest absolute Gasteiger partial charge is 0.0684 e. The summed E-state index contributed by atoms with van der Waals surface area (Å²) in [6, 6.07) is 0.609. The molecule has 0 aromatic carbocycles. The minimum Gasteiger partial charge on any atom is -0.390 e. The summed E-state index contributed by atoms with van der Waals surface area (Å²) < 4.78 is 5.16. The highest BCUT2D eigenvalue weighted by atomic mass is 16.5. The van der Waals surface area contributed by atoms with Gasteiger partial charge in [0.1, 0.15) is 0 Å². The molecule has 3 N–H and O–H groups in total. The van der Waals surface area contributed by atoms with Crippen LogP contribution < -0.4 is 5.73 Å². The van der Waals surface area contributed by atoms with Crippen molar-refractivity contribution in [2.45, 2.75) is 30.9 Å². The summed E-state index contributed by atoms with van der Waals surface area (Å²) in [4.78, 5) is 2.43. The van der Waals surface area contributed by atoms with E-state index in [4.69, 9.17) is 10.5 Å². The molecule has 0 aromatic rings. The van der Waals surface area contributed by atoms with Crippen molar-refractivity contribution in [2.75, 3.05) is 32.8 Å². The second-order valence-corrected chi connectivity index (χ2v) is 4.49. The lowest BCUT2D eigenvalue weighted by atomic mass is 9.87. The number of piperidine rings is 1. The zero-order chi connectivity index (χ0) is 10.0. The van der Waals surface area contributed by atoms with Gasteiger partial charge in [0.25, 0.3) is 0 Å². The van der Waals surface area contributed by atoms with E-state index in [1.54, 1.807) is 0 Å². The van der Waals surface area contributed by atoms with Crippen LogP contribution in [0.1, 0.15) is 19.3 Å². The molecule has 0 amide bonds. The third-order valence-electron chi connectivity index (χ3n) is 3.48. The number of hydrogen-bond acceptors (Lipinski definition) is 4. The molecule has 14 heavy (non-hydrogen) atoms. The molecule has 0 aliphatic carbocycles. The molecule has 2 saturated heterocycles. The van der Waals surface area contributed by atoms with E-state index in [1.807, 2.05) is 0 Å². The summed E-state index contributed by atoms with van der Waals surface area (Å²) in [5.74, 6) is 0. The topological polar surface area (TPSA) is 58.7 Å². The fraction of sp³-hybridized carbons (Fsp3) is 1.00. The Morgan fingerprint density at radius 2 is 2.00 bits per heavy atom. The van der Waals surface area contributed by atoms with Crippen LogP contribution in [-0.4, -0.2) is 54.5 Å². The van der Waals surface area contributed by atoms with E-state index < -0.39 is 5.60 Å². The van der Waals surface area contributed by atoms with E-state index in [1.165, 1.54) is 0 Å². The van der Waals surface area contributed by atoms with Crippen LogP contribution >= 0.6 is 0 Å². The first-order valence-corrected chi connectivity index (χ1v) is 5.48. The Labute approximate surface area is 85.0 Å². The standard InChI is InChI=1S/C10H20N2O2/c11-4-1-10(13)2-5-12(6-3-10)9-7-14-8-9/h9,13H,1-8,11H2. The highest BCUT2D eigenvalue weighted by Gasteiger charge is 2.35. The normalized spacial score (nSPS) is 28.7. The monoisotopic (exact) mass is 200 g/mol. The van der Waals surface area contributed by atoms with Gasteiger partial charge in [-0.2, -0.15) is 0 Å². The quantitative estimate of drug-likeness (QED) is 0.648. The average Bonchev–Trinajstić information content (AvgIpc) is 2.06. The van der Waals surface area contributed by atoms with E-state index in [9.17, 15) is 5.11 Å². The van der Waals surface area contributed by atoms with Gasteiger partial charge in [-0.05, 0) is 25.8 Å². The Morgan fingerprint density at radius 3 is 2.43 bits per heavy atom. The lowest BCUT2D eigenvalue weighted by molar-refractivity contribution is -0.0999. The summed E-state index contributed by atoms with van der Waals surface area (Å²) in [6.45, 7) is 4.31. The highest BCUT2D eigenvalue weighted by molar-refractivity contribution is 4.89. The van der Waals surface area contributed by atoms with Crippen LogP contribution in [0.2, 0.25) is 0 Å². The predicted octanol–water partition coefficient (Wildman–Crippen LogP) is -0.439. The van der Waals surface area contributed by atoms with Crippen molar-refractivity contribution in [2.24, 2.45) is 5.73 Å². The molecule has 2 aliphatic heterocycles. The number of rotatable bonds is 3. The van der Waals surface area contributed by atoms with Crippen molar-refractivity contribution in [3.05, 3.63) is 0 Å². The first-order chi connectivity index (χ1) is 6.73. The summed E-state index contributed by atoms with van der Waals surface area (Å²) in [5, 5.41) is 10.1. The predicted molar refractivity (Wildman–Crippen MR) is 54.0 cm³/mol. The fourth-order valence-electron chi connectivity index (χ4n) is 2.26. The highest BCUT2D eigenvalue weighted by Crippen LogP contribution is 2.27. The van der Waals surface area contributed by atoms with Gasteiger partial charge >= 0.3 is 0 Å². The third kappa shape index (κ3) is 2.08. The van der Waals surface area contributed by atoms with E-state index in [0.29, 0.717) is 12.6 Å². The zero-order valence-corrected chi connectivity index (χ0v) is 8.61. The number of aliphatic hydroxyl groups is 1. The number of nitrogens with two attached hydrogens (primary N) is 1. The largest absolute Gasteiger partial charge is 0.390 e. The van der Waals surface area contributed by atoms with Gasteiger partial charge in [-0.1, -0.05) is 0 Å². The molecule has 0 saturated carbocycles. The number of ether oxygens (including phenoxy) is 1. The van der Waals surface area contributed by atoms with Gasteiger partial charge in [-0.15, -0.1) is 0 Å². The van der Waals surface area contributed by atoms with Crippen LogP contribution in [0.5, 0.6) is 0 Å². The lowest BCUT2D eigenvalue weighted by Gasteiger charge is -2.44. The van der Waals surface area contributed by atoms with Gasteiger partial charge in [0.05, 0.1) is 24.9 Å². The van der Waals surface area contributed by atoms with Gasteiger partial charge in [-0.3, -0.25) is 4.90 Å². The minimum absolute atomic E-state index is 0.490. The molecule has 0 radical (unpaired) electrons. The fourth-order valence-corrected chi connectivity index (χ4v) is 2.26. The molecule has 4 nitrogen and oxygen atoms in total. The van der Waals surface area contributed by atoms with Crippen LogP contribution in [0.4, 0.5) is 0 Å². The SMILES string of the molecule is NCCC1(O)CCN(C2COC2)CC1. The first kappa shape index (κ1) is 10.4. The molecule has 0 aromatic heterocycles. The maximum atomic E-state index is 10.1. The number of nitrogens with zero attached hydrogens (tertiary/aromatic N) is 1. The van der Waals surface area contributed by atoms with Crippen molar-refractivity contribution in [3.8, 4) is 0 Å². The molecule has 2 fully saturated rings. The molecule has 0 unspecified atom stereocenters. The Kier molecular flexibility index (Phi) is 3.07. The molecule has 0 atom stereocenters. The summed E-state index contributed by atoms with van der Waals surface area (Å²) in [5.41, 5.74) is 4.99. The van der Waals surface area contributed by atoms with Crippen molar-refractivity contribution in [1.29, 1.82) is 0 Å². The third-order valence-corrected chi connectivity index (χ3v) is 3.48. The molecule has 82 valence electrons. The van der Waals surface area contributed by atoms with Crippen molar-refractivity contribution < 1.29 is 9.84 Å². The maximum Gasteiger partial charge on any atom is 0.0684 e. The molecular formula is C10H20N2O2. The van der Waals surface area contributed by atoms with Crippen LogP contribution in [-0.2, 0) is 4.74 Å². The number of hydrogen-bond donors (Lipinski definition) is 2. The lowest BCUT2D eigenvalue weighted by Crippen LogP contribution is -2.55. The van der Waals surface area contributed by atoms with E-state index in [2.05, 4.69) is 4.90 Å². The van der Waals surface area contributed by atoms with Gasteiger partial charge in [-0.25, -0.2) is 0 Å². The van der Waals surface area contributed by atoms with Crippen LogP contribution in [0.3, 0.4) is 0 Å². The Morgan fingerprint density at radius 1 is 1.36 bits per heavy atom. The van der Waals surface area contributed by atoms with E-state index >= 15 is 0 Å². The van der Waals surface area contributed by atoms with E-state index in [-0.39, 0.29) is 0 Å². The summed E-state index contributed by atoms with van der Waals surface area (Å²) in [7, 11) is 0. The van der Waals surface area contributed by atoms with Crippen LogP contribution in [0.15, 0.2) is 0 Å². The van der Waals surface area contributed by atoms with Crippen molar-refractivity contribution in [3.63, 3.8) is 0 Å². The Hall–Kier alpha value is -0.160. The molecule has 2 heterocycles. The molecular weight excluding hydrogens is 180 g/mol. The Balaban J connectivity index is 1.78. The van der Waals surface area contributed by atoms with Crippen LogP contribution in [0.25, 0.3) is 0 Å². The van der Waals surface area contributed by atoms with Crippen LogP contribution in [0, 0.1) is 0 Å². The van der Waals surface area contributed by atoms with Crippen molar-refractivity contribution in [1.82, 2.24) is 4.90 Å². The summed E-state index contributed by atoms with van der Waals surface area (Å²) in [6.07, 6.45) is 2.46. The van der Waals surface area contributed by atoms with Gasteiger partial charge in [0.15, 0.2) is 0 Å². The van der Waals surface area contributed by atoms with Gasteiger partial charge in [0, 0.05) is 13.1 Å². The van der Waals surface area contributed by atoms with Gasteiger partial charge in [0.2, 0.25) is 0 Å². The second-order valence-electron chi connectivity index (χ2n) is 4.49. The van der Waals surface area contributed by atoms with Crippen molar-refractivity contribution >= 4 is 0 Å². The van der Waals surface area contributed by atoms with Gasteiger partial charge < -0.3 is 15.6 Å². The summed E-state index contributed by atoms with van der Waals surface area (Å²) >= 11 is 0. The molecule has 2 rings (SSSR count). The minimum atomic E-state index is -0.490. The molecule has 0 spiro atoms. The molecule has 2 aliphatic rings.